The second-order valence-corrected chi connectivity index (χ2v) is 6.42. The first kappa shape index (κ1) is 18.7. The van der Waals surface area contributed by atoms with Crippen molar-refractivity contribution < 1.29 is 27.4 Å². The molecule has 0 fully saturated rings. The van der Waals surface area contributed by atoms with Crippen molar-refractivity contribution >= 4 is 29.3 Å². The van der Waals surface area contributed by atoms with E-state index in [2.05, 4.69) is 0 Å². The van der Waals surface area contributed by atoms with Crippen LogP contribution in [0.3, 0.4) is 0 Å². The van der Waals surface area contributed by atoms with Crippen LogP contribution in [0.15, 0.2) is 30.3 Å². The van der Waals surface area contributed by atoms with E-state index in [0.717, 1.165) is 11.6 Å². The Balaban J connectivity index is 2.06. The van der Waals surface area contributed by atoms with Gasteiger partial charge in [0.25, 0.3) is 0 Å². The zero-order chi connectivity index (χ0) is 19.1. The van der Waals surface area contributed by atoms with Crippen LogP contribution in [0.5, 0.6) is 23.0 Å². The number of benzene rings is 2. The molecular formula is C18H13Cl2F3O3. The summed E-state index contributed by atoms with van der Waals surface area (Å²) in [4.78, 5) is 0. The van der Waals surface area contributed by atoms with Gasteiger partial charge in [-0.15, -0.1) is 0 Å². The normalized spacial score (nSPS) is 16.0. The average Bonchev–Trinajstić information content (AvgIpc) is 2.58. The summed E-state index contributed by atoms with van der Waals surface area (Å²) in [7, 11) is 1.48. The molecule has 3 nitrogen and oxygen atoms in total. The van der Waals surface area contributed by atoms with Gasteiger partial charge in [0.1, 0.15) is 5.75 Å². The second kappa shape index (κ2) is 6.93. The Morgan fingerprint density at radius 3 is 2.46 bits per heavy atom. The number of ether oxygens (including phenoxy) is 3. The van der Waals surface area contributed by atoms with Crippen LogP contribution in [0, 0.1) is 6.92 Å². The van der Waals surface area contributed by atoms with Crippen LogP contribution in [-0.4, -0.2) is 19.4 Å². The first-order chi connectivity index (χ1) is 12.2. The molecule has 0 spiro atoms. The summed E-state index contributed by atoms with van der Waals surface area (Å²) < 4.78 is 54.9. The molecule has 1 heterocycles. The van der Waals surface area contributed by atoms with Crippen LogP contribution < -0.4 is 14.2 Å². The van der Waals surface area contributed by atoms with Crippen molar-refractivity contribution in [2.75, 3.05) is 7.11 Å². The molecular weight excluding hydrogens is 392 g/mol. The van der Waals surface area contributed by atoms with Gasteiger partial charge in [-0.3, -0.25) is 0 Å². The maximum atomic E-state index is 12.9. The van der Waals surface area contributed by atoms with Crippen LogP contribution in [-0.2, 0) is 0 Å². The van der Waals surface area contributed by atoms with Crippen molar-refractivity contribution in [3.8, 4) is 23.0 Å². The van der Waals surface area contributed by atoms with Gasteiger partial charge in [0, 0.05) is 0 Å². The molecule has 1 atom stereocenters. The molecule has 2 aromatic rings. The highest BCUT2D eigenvalue weighted by Crippen LogP contribution is 2.48. The Labute approximate surface area is 157 Å². The summed E-state index contributed by atoms with van der Waals surface area (Å²) in [6.07, 6.45) is -4.52. The predicted octanol–water partition coefficient (Wildman–Crippen LogP) is 6.44. The maximum absolute atomic E-state index is 12.9. The van der Waals surface area contributed by atoms with Crippen LogP contribution in [0.25, 0.3) is 6.08 Å². The summed E-state index contributed by atoms with van der Waals surface area (Å²) in [6, 6.07) is 6.53. The zero-order valence-electron chi connectivity index (χ0n) is 13.7. The molecule has 8 heteroatoms. The molecule has 26 heavy (non-hydrogen) atoms. The highest BCUT2D eigenvalue weighted by molar-refractivity contribution is 6.37. The van der Waals surface area contributed by atoms with E-state index in [-0.39, 0.29) is 27.1 Å². The molecule has 1 aliphatic rings. The van der Waals surface area contributed by atoms with Gasteiger partial charge in [-0.25, -0.2) is 0 Å². The predicted molar refractivity (Wildman–Crippen MR) is 93.8 cm³/mol. The molecule has 1 unspecified atom stereocenters. The van der Waals surface area contributed by atoms with E-state index in [1.165, 1.54) is 19.3 Å². The molecule has 0 aromatic heterocycles. The fourth-order valence-corrected chi connectivity index (χ4v) is 3.03. The number of hydrogen-bond donors (Lipinski definition) is 0. The summed E-state index contributed by atoms with van der Waals surface area (Å²) in [5.41, 5.74) is 1.18. The van der Waals surface area contributed by atoms with E-state index in [0.29, 0.717) is 11.5 Å². The van der Waals surface area contributed by atoms with Crippen LogP contribution >= 0.6 is 23.2 Å². The minimum atomic E-state index is -4.56. The van der Waals surface area contributed by atoms with Gasteiger partial charge in [-0.1, -0.05) is 29.3 Å². The van der Waals surface area contributed by atoms with E-state index in [1.54, 1.807) is 18.2 Å². The maximum Gasteiger partial charge on any atom is 0.429 e. The van der Waals surface area contributed by atoms with Crippen molar-refractivity contribution in [1.82, 2.24) is 0 Å². The molecule has 0 N–H and O–H groups in total. The number of hydrogen-bond acceptors (Lipinski definition) is 3. The zero-order valence-corrected chi connectivity index (χ0v) is 15.2. The minimum Gasteiger partial charge on any atom is -0.493 e. The summed E-state index contributed by atoms with van der Waals surface area (Å²) in [5.74, 6) is 0.807. The lowest BCUT2D eigenvalue weighted by atomic mass is 10.1. The summed E-state index contributed by atoms with van der Waals surface area (Å²) in [6.45, 7) is 1.89. The van der Waals surface area contributed by atoms with E-state index in [9.17, 15) is 13.2 Å². The van der Waals surface area contributed by atoms with Crippen molar-refractivity contribution in [2.45, 2.75) is 19.2 Å². The fraction of sp³-hybridized carbons (Fsp3) is 0.222. The first-order valence-electron chi connectivity index (χ1n) is 7.46. The molecule has 3 rings (SSSR count). The number of methoxy groups -OCH3 is 1. The number of alkyl halides is 3. The van der Waals surface area contributed by atoms with Crippen LogP contribution in [0.2, 0.25) is 10.0 Å². The molecule has 1 aliphatic heterocycles. The van der Waals surface area contributed by atoms with Crippen LogP contribution in [0.1, 0.15) is 11.1 Å². The van der Waals surface area contributed by atoms with Gasteiger partial charge < -0.3 is 14.2 Å². The van der Waals surface area contributed by atoms with Crippen molar-refractivity contribution in [3.63, 3.8) is 0 Å². The number of fused-ring (bicyclic) bond motifs is 1. The van der Waals surface area contributed by atoms with Crippen molar-refractivity contribution in [2.24, 2.45) is 0 Å². The highest BCUT2D eigenvalue weighted by atomic mass is 35.5. The molecule has 0 amide bonds. The monoisotopic (exact) mass is 404 g/mol. The van der Waals surface area contributed by atoms with Gasteiger partial charge in [0.15, 0.2) is 17.2 Å². The topological polar surface area (TPSA) is 27.7 Å². The van der Waals surface area contributed by atoms with E-state index >= 15 is 0 Å². The molecule has 0 radical (unpaired) electrons. The molecule has 138 valence electrons. The lowest BCUT2D eigenvalue weighted by Crippen LogP contribution is -2.34. The Morgan fingerprint density at radius 2 is 1.81 bits per heavy atom. The Hall–Kier alpha value is -2.05. The van der Waals surface area contributed by atoms with Gasteiger partial charge >= 0.3 is 6.18 Å². The largest absolute Gasteiger partial charge is 0.493 e. The van der Waals surface area contributed by atoms with E-state index < -0.39 is 12.3 Å². The standard InChI is InChI=1S/C18H13Cl2F3O3/c1-9-3-5-13(14(7-9)24-2)25-16-10-4-6-15(18(21,22)23)26-17(10)12(20)8-11(16)19/h3-8,15H,1-2H3. The third-order valence-corrected chi connectivity index (χ3v) is 4.27. The number of halogens is 5. The fourth-order valence-electron chi connectivity index (χ4n) is 2.47. The molecule has 2 aromatic carbocycles. The summed E-state index contributed by atoms with van der Waals surface area (Å²) >= 11 is 12.2. The molecule has 0 saturated carbocycles. The average molecular weight is 405 g/mol. The molecule has 0 saturated heterocycles. The smallest absolute Gasteiger partial charge is 0.429 e. The SMILES string of the molecule is COc1cc(C)ccc1Oc1c(Cl)cc(Cl)c2c1C=CC(C(F)(F)F)O2. The second-order valence-electron chi connectivity index (χ2n) is 5.61. The van der Waals surface area contributed by atoms with E-state index in [1.807, 2.05) is 6.92 Å². The number of aryl methyl sites for hydroxylation is 1. The lowest BCUT2D eigenvalue weighted by Gasteiger charge is -2.26. The van der Waals surface area contributed by atoms with Crippen LogP contribution in [0.4, 0.5) is 13.2 Å². The Bertz CT molecular complexity index is 879. The lowest BCUT2D eigenvalue weighted by molar-refractivity contribution is -0.180. The van der Waals surface area contributed by atoms with Crippen molar-refractivity contribution in [3.05, 3.63) is 51.5 Å². The van der Waals surface area contributed by atoms with Crippen molar-refractivity contribution in [1.29, 1.82) is 0 Å². The number of rotatable bonds is 3. The van der Waals surface area contributed by atoms with Gasteiger partial charge in [0.2, 0.25) is 6.10 Å². The van der Waals surface area contributed by atoms with Gasteiger partial charge in [-0.2, -0.15) is 13.2 Å². The van der Waals surface area contributed by atoms with Gasteiger partial charge in [-0.05, 0) is 42.8 Å². The quantitative estimate of drug-likeness (QED) is 0.588. The summed E-state index contributed by atoms with van der Waals surface area (Å²) in [5, 5.41) is 0.0990. The highest BCUT2D eigenvalue weighted by Gasteiger charge is 2.42. The third kappa shape index (κ3) is 3.57. The Kier molecular flexibility index (Phi) is 4.99. The third-order valence-electron chi connectivity index (χ3n) is 3.71. The van der Waals surface area contributed by atoms with E-state index in [4.69, 9.17) is 37.4 Å². The molecule has 0 aliphatic carbocycles. The first-order valence-corrected chi connectivity index (χ1v) is 8.22. The Morgan fingerprint density at radius 1 is 1.08 bits per heavy atom. The van der Waals surface area contributed by atoms with Gasteiger partial charge in [0.05, 0.1) is 22.7 Å². The minimum absolute atomic E-state index is 0.0354. The molecule has 0 bridgehead atoms.